The monoisotopic (exact) mass is 274 g/mol. The molecule has 20 heavy (non-hydrogen) atoms. The van der Waals surface area contributed by atoms with Gasteiger partial charge >= 0.3 is 0 Å². The molecule has 0 radical (unpaired) electrons. The molecule has 0 aliphatic carbocycles. The summed E-state index contributed by atoms with van der Waals surface area (Å²) >= 11 is 0. The van der Waals surface area contributed by atoms with Gasteiger partial charge in [0.2, 0.25) is 0 Å². The summed E-state index contributed by atoms with van der Waals surface area (Å²) in [5.74, 6) is 1.91. The van der Waals surface area contributed by atoms with Crippen LogP contribution in [0.4, 0.5) is 0 Å². The lowest BCUT2D eigenvalue weighted by Crippen LogP contribution is -2.41. The summed E-state index contributed by atoms with van der Waals surface area (Å²) in [4.78, 5) is 2.59. The van der Waals surface area contributed by atoms with Crippen molar-refractivity contribution in [3.8, 4) is 5.75 Å². The molecule has 2 N–H and O–H groups in total. The van der Waals surface area contributed by atoms with E-state index in [9.17, 15) is 0 Å². The Morgan fingerprint density at radius 3 is 3.15 bits per heavy atom. The summed E-state index contributed by atoms with van der Waals surface area (Å²) in [7, 11) is 0. The van der Waals surface area contributed by atoms with E-state index in [1.54, 1.807) is 0 Å². The summed E-state index contributed by atoms with van der Waals surface area (Å²) in [5.41, 5.74) is 8.82. The maximum atomic E-state index is 6.09. The largest absolute Gasteiger partial charge is 0.493 e. The fourth-order valence-electron chi connectivity index (χ4n) is 3.62. The zero-order chi connectivity index (χ0) is 13.9. The molecular weight excluding hydrogens is 248 g/mol. The van der Waals surface area contributed by atoms with E-state index >= 15 is 0 Å². The molecular formula is C17H26N2O. The molecule has 0 bridgehead atoms. The number of ether oxygens (including phenoxy) is 1. The van der Waals surface area contributed by atoms with Crippen LogP contribution >= 0.6 is 0 Å². The van der Waals surface area contributed by atoms with Gasteiger partial charge in [-0.3, -0.25) is 4.90 Å². The molecule has 3 nitrogen and oxygen atoms in total. The number of nitrogens with zero attached hydrogens (tertiary/aromatic N) is 1. The predicted octanol–water partition coefficient (Wildman–Crippen LogP) is 2.74. The van der Waals surface area contributed by atoms with Gasteiger partial charge in [-0.05, 0) is 42.5 Å². The normalized spacial score (nSPS) is 24.2. The van der Waals surface area contributed by atoms with Gasteiger partial charge in [0.15, 0.2) is 0 Å². The Bertz CT molecular complexity index is 460. The molecule has 2 aliphatic heterocycles. The van der Waals surface area contributed by atoms with Gasteiger partial charge in [0.1, 0.15) is 5.75 Å². The molecule has 2 heterocycles. The van der Waals surface area contributed by atoms with E-state index in [0.717, 1.165) is 24.7 Å². The Hall–Kier alpha value is -1.06. The number of hydrogen-bond acceptors (Lipinski definition) is 3. The smallest absolute Gasteiger partial charge is 0.122 e. The first-order valence-electron chi connectivity index (χ1n) is 8.01. The lowest BCUT2D eigenvalue weighted by atomic mass is 9.92. The Kier molecular flexibility index (Phi) is 4.27. The highest BCUT2D eigenvalue weighted by Gasteiger charge is 2.26. The van der Waals surface area contributed by atoms with Crippen LogP contribution in [0.2, 0.25) is 0 Å². The zero-order valence-electron chi connectivity index (χ0n) is 12.5. The minimum absolute atomic E-state index is 0.371. The first-order valence-corrected chi connectivity index (χ1v) is 8.01. The van der Waals surface area contributed by atoms with Gasteiger partial charge in [-0.2, -0.15) is 0 Å². The van der Waals surface area contributed by atoms with Gasteiger partial charge in [0.25, 0.3) is 0 Å². The molecule has 0 aromatic heterocycles. The fraction of sp³-hybridized carbons (Fsp3) is 0.647. The average molecular weight is 274 g/mol. The van der Waals surface area contributed by atoms with E-state index in [0.29, 0.717) is 12.6 Å². The summed E-state index contributed by atoms with van der Waals surface area (Å²) < 4.78 is 5.60. The van der Waals surface area contributed by atoms with Crippen molar-refractivity contribution >= 4 is 0 Å². The number of benzene rings is 1. The Balaban J connectivity index is 1.78. The third-order valence-corrected chi connectivity index (χ3v) is 4.89. The van der Waals surface area contributed by atoms with E-state index in [4.69, 9.17) is 10.5 Å². The second kappa shape index (κ2) is 6.15. The van der Waals surface area contributed by atoms with Crippen molar-refractivity contribution in [1.29, 1.82) is 0 Å². The maximum Gasteiger partial charge on any atom is 0.122 e. The third kappa shape index (κ3) is 2.70. The van der Waals surface area contributed by atoms with Gasteiger partial charge in [-0.25, -0.2) is 0 Å². The SMILES string of the molecule is CCC1CCCN(C(CN)c2ccc3c(c2)CCO3)C1. The zero-order valence-corrected chi connectivity index (χ0v) is 12.5. The second-order valence-electron chi connectivity index (χ2n) is 6.13. The standard InChI is InChI=1S/C17H26N2O/c1-2-13-4-3-8-19(12-13)16(11-18)14-5-6-17-15(10-14)7-9-20-17/h5-6,10,13,16H,2-4,7-9,11-12,18H2,1H3. The van der Waals surface area contributed by atoms with Crippen molar-refractivity contribution in [2.75, 3.05) is 26.2 Å². The van der Waals surface area contributed by atoms with E-state index < -0.39 is 0 Å². The van der Waals surface area contributed by atoms with Gasteiger partial charge < -0.3 is 10.5 Å². The quantitative estimate of drug-likeness (QED) is 0.917. The number of nitrogens with two attached hydrogens (primary N) is 1. The molecule has 110 valence electrons. The summed E-state index contributed by atoms with van der Waals surface area (Å²) in [6.45, 7) is 6.22. The molecule has 1 fully saturated rings. The van der Waals surface area contributed by atoms with Gasteiger partial charge in [0, 0.05) is 25.6 Å². The van der Waals surface area contributed by atoms with Crippen LogP contribution in [-0.4, -0.2) is 31.1 Å². The molecule has 3 heteroatoms. The van der Waals surface area contributed by atoms with Crippen molar-refractivity contribution in [3.63, 3.8) is 0 Å². The second-order valence-corrected chi connectivity index (χ2v) is 6.13. The van der Waals surface area contributed by atoms with Crippen LogP contribution in [0.25, 0.3) is 0 Å². The van der Waals surface area contributed by atoms with Gasteiger partial charge in [-0.15, -0.1) is 0 Å². The highest BCUT2D eigenvalue weighted by Crippen LogP contribution is 2.32. The molecule has 2 atom stereocenters. The minimum Gasteiger partial charge on any atom is -0.493 e. The molecule has 3 rings (SSSR count). The van der Waals surface area contributed by atoms with Gasteiger partial charge in [0.05, 0.1) is 6.61 Å². The van der Waals surface area contributed by atoms with Gasteiger partial charge in [-0.1, -0.05) is 25.5 Å². The van der Waals surface area contributed by atoms with Crippen LogP contribution in [0.5, 0.6) is 5.75 Å². The molecule has 0 saturated carbocycles. The van der Waals surface area contributed by atoms with Crippen molar-refractivity contribution in [1.82, 2.24) is 4.90 Å². The van der Waals surface area contributed by atoms with E-state index in [1.807, 2.05) is 0 Å². The molecule has 1 saturated heterocycles. The number of hydrogen-bond donors (Lipinski definition) is 1. The van der Waals surface area contributed by atoms with Crippen molar-refractivity contribution in [3.05, 3.63) is 29.3 Å². The average Bonchev–Trinajstić information content (AvgIpc) is 2.96. The molecule has 0 spiro atoms. The lowest BCUT2D eigenvalue weighted by Gasteiger charge is -2.38. The molecule has 1 aromatic rings. The van der Waals surface area contributed by atoms with E-state index in [-0.39, 0.29) is 0 Å². The Morgan fingerprint density at radius 1 is 1.45 bits per heavy atom. The summed E-state index contributed by atoms with van der Waals surface area (Å²) in [6.07, 6.45) is 5.01. The van der Waals surface area contributed by atoms with Crippen molar-refractivity contribution < 1.29 is 4.74 Å². The molecule has 1 aromatic carbocycles. The third-order valence-electron chi connectivity index (χ3n) is 4.89. The number of fused-ring (bicyclic) bond motifs is 1. The molecule has 2 aliphatic rings. The van der Waals surface area contributed by atoms with E-state index in [2.05, 4.69) is 30.0 Å². The Labute approximate surface area is 122 Å². The minimum atomic E-state index is 0.371. The van der Waals surface area contributed by atoms with Crippen LogP contribution < -0.4 is 10.5 Å². The fourth-order valence-corrected chi connectivity index (χ4v) is 3.62. The van der Waals surface area contributed by atoms with E-state index in [1.165, 1.54) is 43.5 Å². The van der Waals surface area contributed by atoms with Crippen LogP contribution in [0, 0.1) is 5.92 Å². The first-order chi connectivity index (χ1) is 9.81. The van der Waals surface area contributed by atoms with Crippen LogP contribution in [0.3, 0.4) is 0 Å². The number of piperidine rings is 1. The molecule has 0 amide bonds. The topological polar surface area (TPSA) is 38.5 Å². The summed E-state index contributed by atoms with van der Waals surface area (Å²) in [5, 5.41) is 0. The van der Waals surface area contributed by atoms with Crippen molar-refractivity contribution in [2.45, 2.75) is 38.6 Å². The van der Waals surface area contributed by atoms with Crippen molar-refractivity contribution in [2.24, 2.45) is 11.7 Å². The lowest BCUT2D eigenvalue weighted by molar-refractivity contribution is 0.124. The highest BCUT2D eigenvalue weighted by atomic mass is 16.5. The summed E-state index contributed by atoms with van der Waals surface area (Å²) in [6, 6.07) is 7.02. The maximum absolute atomic E-state index is 6.09. The Morgan fingerprint density at radius 2 is 2.35 bits per heavy atom. The molecule has 2 unspecified atom stereocenters. The number of rotatable bonds is 4. The first kappa shape index (κ1) is 13.9. The van der Waals surface area contributed by atoms with Crippen LogP contribution in [0.1, 0.15) is 43.4 Å². The van der Waals surface area contributed by atoms with Crippen LogP contribution in [-0.2, 0) is 6.42 Å². The predicted molar refractivity (Wildman–Crippen MR) is 82.0 cm³/mol. The number of likely N-dealkylation sites (tertiary alicyclic amines) is 1. The highest BCUT2D eigenvalue weighted by molar-refractivity contribution is 5.41. The van der Waals surface area contributed by atoms with Crippen LogP contribution in [0.15, 0.2) is 18.2 Å².